The third-order valence-corrected chi connectivity index (χ3v) is 6.33. The van der Waals surface area contributed by atoms with Crippen molar-refractivity contribution in [3.8, 4) is 10.6 Å². The van der Waals surface area contributed by atoms with E-state index in [1.54, 1.807) is 42.0 Å². The maximum Gasteiger partial charge on any atom is 0.221 e. The van der Waals surface area contributed by atoms with Crippen LogP contribution in [0.15, 0.2) is 18.5 Å². The molecule has 2 N–H and O–H groups in total. The van der Waals surface area contributed by atoms with Gasteiger partial charge in [-0.15, -0.1) is 22.7 Å². The predicted molar refractivity (Wildman–Crippen MR) is 95.2 cm³/mol. The normalized spacial score (nSPS) is 17.2. The van der Waals surface area contributed by atoms with E-state index in [0.29, 0.717) is 6.04 Å². The molecule has 4 heterocycles. The van der Waals surface area contributed by atoms with Crippen LogP contribution in [0.5, 0.6) is 0 Å². The smallest absolute Gasteiger partial charge is 0.221 e. The van der Waals surface area contributed by atoms with Gasteiger partial charge in [0.15, 0.2) is 0 Å². The number of nitrogens with zero attached hydrogens (tertiary/aromatic N) is 2. The molecule has 1 atom stereocenters. The Morgan fingerprint density at radius 1 is 1.43 bits per heavy atom. The number of amides is 1. The molecular weight excluding hydrogens is 328 g/mol. The van der Waals surface area contributed by atoms with Crippen LogP contribution in [0.4, 0.5) is 5.00 Å². The molecule has 23 heavy (non-hydrogen) atoms. The number of rotatable bonds is 2. The highest BCUT2D eigenvalue weighted by Crippen LogP contribution is 2.46. The van der Waals surface area contributed by atoms with E-state index in [9.17, 15) is 4.79 Å². The molecule has 5 nitrogen and oxygen atoms in total. The molecule has 3 aromatic heterocycles. The first-order valence-corrected chi connectivity index (χ1v) is 9.14. The van der Waals surface area contributed by atoms with Crippen LogP contribution < -0.4 is 10.6 Å². The van der Waals surface area contributed by atoms with Crippen LogP contribution in [-0.2, 0) is 11.2 Å². The zero-order chi connectivity index (χ0) is 16.0. The number of anilines is 1. The number of aromatic nitrogens is 2. The van der Waals surface area contributed by atoms with Crippen LogP contribution in [0.25, 0.3) is 20.8 Å². The van der Waals surface area contributed by atoms with Crippen molar-refractivity contribution in [2.45, 2.75) is 26.3 Å². The third kappa shape index (κ3) is 2.54. The number of hydrogen-bond acceptors (Lipinski definition) is 6. The van der Waals surface area contributed by atoms with Gasteiger partial charge in [-0.25, -0.2) is 4.98 Å². The summed E-state index contributed by atoms with van der Waals surface area (Å²) >= 11 is 3.31. The van der Waals surface area contributed by atoms with Crippen molar-refractivity contribution < 1.29 is 4.79 Å². The highest BCUT2D eigenvalue weighted by atomic mass is 32.1. The molecule has 0 radical (unpaired) electrons. The summed E-state index contributed by atoms with van der Waals surface area (Å²) in [6.45, 7) is 4.66. The predicted octanol–water partition coefficient (Wildman–Crippen LogP) is 3.58. The van der Waals surface area contributed by atoms with Crippen molar-refractivity contribution >= 4 is 43.8 Å². The minimum atomic E-state index is -0.0479. The van der Waals surface area contributed by atoms with Crippen molar-refractivity contribution in [3.63, 3.8) is 0 Å². The maximum absolute atomic E-state index is 11.6. The lowest BCUT2D eigenvalue weighted by molar-refractivity contribution is -0.114. The SMILES string of the molecule is CC(=O)Nc1sc2c(c1-c1nc3cnccc3s1)CCN[C@@H]2C. The molecule has 1 aliphatic rings. The molecule has 0 aromatic carbocycles. The molecule has 0 spiro atoms. The first kappa shape index (κ1) is 14.7. The molecule has 0 saturated heterocycles. The van der Waals surface area contributed by atoms with Gasteiger partial charge in [-0.1, -0.05) is 0 Å². The van der Waals surface area contributed by atoms with E-state index >= 15 is 0 Å². The molecule has 4 rings (SSSR count). The van der Waals surface area contributed by atoms with E-state index in [1.807, 2.05) is 6.07 Å². The van der Waals surface area contributed by atoms with Crippen LogP contribution in [-0.4, -0.2) is 22.4 Å². The second kappa shape index (κ2) is 5.67. The summed E-state index contributed by atoms with van der Waals surface area (Å²) in [6, 6.07) is 2.29. The Balaban J connectivity index is 1.93. The standard InChI is InChI=1S/C16H16N4OS2/c1-8-14-10(3-6-18-8)13(15(23-14)19-9(2)21)16-20-11-7-17-5-4-12(11)22-16/h4-5,7-8,18H,3,6H2,1-2H3,(H,19,21)/t8-/m1/s1. The lowest BCUT2D eigenvalue weighted by atomic mass is 10.0. The van der Waals surface area contributed by atoms with Crippen molar-refractivity contribution in [1.29, 1.82) is 0 Å². The Morgan fingerprint density at radius 2 is 2.30 bits per heavy atom. The van der Waals surface area contributed by atoms with Crippen LogP contribution in [0.3, 0.4) is 0 Å². The van der Waals surface area contributed by atoms with Crippen molar-refractivity contribution in [2.24, 2.45) is 0 Å². The topological polar surface area (TPSA) is 66.9 Å². The van der Waals surface area contributed by atoms with Gasteiger partial charge in [-0.3, -0.25) is 9.78 Å². The van der Waals surface area contributed by atoms with Gasteiger partial charge in [-0.05, 0) is 31.5 Å². The highest BCUT2D eigenvalue weighted by molar-refractivity contribution is 7.23. The van der Waals surface area contributed by atoms with Gasteiger partial charge < -0.3 is 10.6 Å². The summed E-state index contributed by atoms with van der Waals surface area (Å²) in [5, 5.41) is 8.35. The monoisotopic (exact) mass is 344 g/mol. The summed E-state index contributed by atoms with van der Waals surface area (Å²) in [6.07, 6.45) is 4.53. The minimum Gasteiger partial charge on any atom is -0.317 e. The lowest BCUT2D eigenvalue weighted by Crippen LogP contribution is -2.26. The number of fused-ring (bicyclic) bond motifs is 2. The Bertz CT molecular complexity index is 866. The van der Waals surface area contributed by atoms with Crippen LogP contribution in [0, 0.1) is 0 Å². The molecule has 1 aliphatic heterocycles. The Hall–Kier alpha value is -1.83. The van der Waals surface area contributed by atoms with Gasteiger partial charge in [0.05, 0.1) is 10.9 Å². The first-order valence-electron chi connectivity index (χ1n) is 7.51. The largest absolute Gasteiger partial charge is 0.317 e. The number of nitrogens with one attached hydrogen (secondary N) is 2. The maximum atomic E-state index is 11.6. The Morgan fingerprint density at radius 3 is 3.09 bits per heavy atom. The van der Waals surface area contributed by atoms with E-state index in [-0.39, 0.29) is 5.91 Å². The number of thiazole rings is 1. The molecule has 0 unspecified atom stereocenters. The van der Waals surface area contributed by atoms with Crippen molar-refractivity contribution in [1.82, 2.24) is 15.3 Å². The van der Waals surface area contributed by atoms with Gasteiger partial charge in [-0.2, -0.15) is 0 Å². The summed E-state index contributed by atoms with van der Waals surface area (Å²) in [5.41, 5.74) is 3.31. The number of pyridine rings is 1. The van der Waals surface area contributed by atoms with E-state index in [0.717, 1.165) is 38.8 Å². The summed E-state index contributed by atoms with van der Waals surface area (Å²) in [7, 11) is 0. The van der Waals surface area contributed by atoms with Gasteiger partial charge in [0.1, 0.15) is 15.5 Å². The van der Waals surface area contributed by atoms with Crippen molar-refractivity contribution in [2.75, 3.05) is 11.9 Å². The Kier molecular flexibility index (Phi) is 3.63. The molecule has 1 amide bonds. The zero-order valence-corrected chi connectivity index (χ0v) is 14.5. The van der Waals surface area contributed by atoms with E-state index in [4.69, 9.17) is 4.98 Å². The van der Waals surface area contributed by atoms with Gasteiger partial charge in [0.25, 0.3) is 0 Å². The molecule has 0 saturated carbocycles. The van der Waals surface area contributed by atoms with Crippen molar-refractivity contribution in [3.05, 3.63) is 28.9 Å². The second-order valence-corrected chi connectivity index (χ2v) is 7.70. The van der Waals surface area contributed by atoms with Crippen LogP contribution in [0.2, 0.25) is 0 Å². The average molecular weight is 344 g/mol. The highest BCUT2D eigenvalue weighted by Gasteiger charge is 2.27. The summed E-state index contributed by atoms with van der Waals surface area (Å²) in [5.74, 6) is -0.0479. The number of carbonyl (C=O) groups excluding carboxylic acids is 1. The molecule has 118 valence electrons. The van der Waals surface area contributed by atoms with Gasteiger partial charge in [0.2, 0.25) is 5.91 Å². The summed E-state index contributed by atoms with van der Waals surface area (Å²) in [4.78, 5) is 21.8. The quantitative estimate of drug-likeness (QED) is 0.745. The molecule has 3 aromatic rings. The molecule has 7 heteroatoms. The van der Waals surface area contributed by atoms with E-state index in [1.165, 1.54) is 10.4 Å². The van der Waals surface area contributed by atoms with E-state index in [2.05, 4.69) is 22.5 Å². The molecule has 0 aliphatic carbocycles. The Labute approximate surface area is 141 Å². The fourth-order valence-corrected chi connectivity index (χ4v) is 5.35. The second-order valence-electron chi connectivity index (χ2n) is 5.62. The fraction of sp³-hybridized carbons (Fsp3) is 0.312. The number of thiophene rings is 1. The first-order chi connectivity index (χ1) is 11.1. The van der Waals surface area contributed by atoms with Crippen LogP contribution in [0.1, 0.15) is 30.3 Å². The lowest BCUT2D eigenvalue weighted by Gasteiger charge is -2.20. The third-order valence-electron chi connectivity index (χ3n) is 3.95. The number of carbonyl (C=O) groups is 1. The molecular formula is C16H16N4OS2. The number of hydrogen-bond donors (Lipinski definition) is 2. The molecule has 0 fully saturated rings. The van der Waals surface area contributed by atoms with E-state index < -0.39 is 0 Å². The van der Waals surface area contributed by atoms with Gasteiger partial charge >= 0.3 is 0 Å². The van der Waals surface area contributed by atoms with Crippen LogP contribution >= 0.6 is 22.7 Å². The zero-order valence-electron chi connectivity index (χ0n) is 12.8. The molecule has 0 bridgehead atoms. The van der Waals surface area contributed by atoms with Gasteiger partial charge in [0, 0.05) is 29.6 Å². The average Bonchev–Trinajstić information content (AvgIpc) is 3.07. The fourth-order valence-electron chi connectivity index (χ4n) is 2.95. The summed E-state index contributed by atoms with van der Waals surface area (Å²) < 4.78 is 1.12. The minimum absolute atomic E-state index is 0.0479.